The Labute approximate surface area is 171 Å². The van der Waals surface area contributed by atoms with Gasteiger partial charge in [-0.2, -0.15) is 0 Å². The highest BCUT2D eigenvalue weighted by Crippen LogP contribution is 2.21. The van der Waals surface area contributed by atoms with E-state index in [2.05, 4.69) is 5.16 Å². The summed E-state index contributed by atoms with van der Waals surface area (Å²) < 4.78 is 5.61. The van der Waals surface area contributed by atoms with Crippen molar-refractivity contribution >= 4 is 23.3 Å². The van der Waals surface area contributed by atoms with E-state index in [0.717, 1.165) is 36.8 Å². The van der Waals surface area contributed by atoms with Crippen LogP contribution in [0.25, 0.3) is 0 Å². The van der Waals surface area contributed by atoms with E-state index in [-0.39, 0.29) is 18.5 Å². The minimum atomic E-state index is -0.170. The van der Waals surface area contributed by atoms with E-state index < -0.39 is 0 Å². The van der Waals surface area contributed by atoms with Gasteiger partial charge in [0.1, 0.15) is 12.7 Å². The van der Waals surface area contributed by atoms with Crippen molar-refractivity contribution in [3.05, 3.63) is 70.7 Å². The van der Waals surface area contributed by atoms with Crippen LogP contribution in [0.1, 0.15) is 56.1 Å². The molecule has 1 saturated carbocycles. The molecule has 28 heavy (non-hydrogen) atoms. The minimum absolute atomic E-state index is 0.0755. The zero-order chi connectivity index (χ0) is 19.6. The number of halogens is 1. The fourth-order valence-corrected chi connectivity index (χ4v) is 3.42. The Kier molecular flexibility index (Phi) is 7.92. The quantitative estimate of drug-likeness (QED) is 0.314. The average molecular weight is 400 g/mol. The molecule has 4 nitrogen and oxygen atoms in total. The van der Waals surface area contributed by atoms with Crippen molar-refractivity contribution in [2.75, 3.05) is 0 Å². The number of carbonyl (C=O) groups excluding carboxylic acids is 1. The molecule has 0 bridgehead atoms. The number of benzene rings is 2. The number of ether oxygens (including phenoxy) is 1. The van der Waals surface area contributed by atoms with Gasteiger partial charge in [-0.3, -0.25) is 4.79 Å². The van der Waals surface area contributed by atoms with Crippen molar-refractivity contribution < 1.29 is 14.4 Å². The van der Waals surface area contributed by atoms with Gasteiger partial charge in [0.05, 0.1) is 12.1 Å². The largest absolute Gasteiger partial charge is 0.462 e. The number of carbonyl (C=O) groups is 1. The van der Waals surface area contributed by atoms with Crippen LogP contribution in [0.5, 0.6) is 0 Å². The van der Waals surface area contributed by atoms with Crippen molar-refractivity contribution in [2.24, 2.45) is 5.16 Å². The molecule has 3 rings (SSSR count). The van der Waals surface area contributed by atoms with Crippen LogP contribution in [0.4, 0.5) is 0 Å². The smallest absolute Gasteiger partial charge is 0.306 e. The van der Waals surface area contributed by atoms with Crippen molar-refractivity contribution in [1.29, 1.82) is 0 Å². The van der Waals surface area contributed by atoms with Crippen LogP contribution in [0.3, 0.4) is 0 Å². The predicted octanol–water partition coefficient (Wildman–Crippen LogP) is 5.92. The van der Waals surface area contributed by atoms with E-state index in [0.29, 0.717) is 23.8 Å². The number of hydrogen-bond acceptors (Lipinski definition) is 4. The molecule has 0 amide bonds. The fraction of sp³-hybridized carbons (Fsp3) is 0.391. The molecule has 2 aromatic carbocycles. The van der Waals surface area contributed by atoms with Gasteiger partial charge in [-0.15, -0.1) is 0 Å². The summed E-state index contributed by atoms with van der Waals surface area (Å²) in [6.07, 6.45) is 6.29. The Bertz CT molecular complexity index is 768. The highest BCUT2D eigenvalue weighted by atomic mass is 35.5. The van der Waals surface area contributed by atoms with Crippen molar-refractivity contribution in [2.45, 2.75) is 57.7 Å². The third kappa shape index (κ3) is 6.68. The summed E-state index contributed by atoms with van der Waals surface area (Å²) in [6.45, 7) is 0.379. The highest BCUT2D eigenvalue weighted by Gasteiger charge is 2.18. The van der Waals surface area contributed by atoms with Crippen LogP contribution < -0.4 is 0 Å². The number of esters is 1. The third-order valence-electron chi connectivity index (χ3n) is 4.84. The summed E-state index contributed by atoms with van der Waals surface area (Å²) in [6, 6.07) is 17.3. The number of oxime groups is 1. The van der Waals surface area contributed by atoms with Gasteiger partial charge in [0.2, 0.25) is 0 Å². The summed E-state index contributed by atoms with van der Waals surface area (Å²) in [7, 11) is 0. The lowest BCUT2D eigenvalue weighted by Gasteiger charge is -2.21. The van der Waals surface area contributed by atoms with Gasteiger partial charge in [-0.25, -0.2) is 0 Å². The first-order chi connectivity index (χ1) is 13.7. The maximum Gasteiger partial charge on any atom is 0.306 e. The molecule has 148 valence electrons. The first-order valence-electron chi connectivity index (χ1n) is 9.89. The van der Waals surface area contributed by atoms with Gasteiger partial charge in [0, 0.05) is 11.4 Å². The van der Waals surface area contributed by atoms with E-state index >= 15 is 0 Å². The molecule has 1 fully saturated rings. The molecule has 2 aromatic rings. The van der Waals surface area contributed by atoms with Gasteiger partial charge in [0.15, 0.2) is 0 Å². The van der Waals surface area contributed by atoms with E-state index in [1.165, 1.54) is 6.42 Å². The number of rotatable bonds is 8. The Morgan fingerprint density at radius 3 is 2.39 bits per heavy atom. The normalized spacial score (nSPS) is 15.2. The van der Waals surface area contributed by atoms with Crippen LogP contribution in [0.15, 0.2) is 59.8 Å². The molecule has 1 aliphatic rings. The zero-order valence-corrected chi connectivity index (χ0v) is 16.7. The molecule has 0 radical (unpaired) electrons. The second-order valence-electron chi connectivity index (χ2n) is 7.05. The fourth-order valence-electron chi connectivity index (χ4n) is 3.29. The topological polar surface area (TPSA) is 47.9 Å². The maximum absolute atomic E-state index is 12.3. The Morgan fingerprint density at radius 1 is 0.964 bits per heavy atom. The minimum Gasteiger partial charge on any atom is -0.462 e. The predicted molar refractivity (Wildman–Crippen MR) is 111 cm³/mol. The van der Waals surface area contributed by atoms with E-state index in [4.69, 9.17) is 21.2 Å². The lowest BCUT2D eigenvalue weighted by Crippen LogP contribution is -2.21. The van der Waals surface area contributed by atoms with Crippen molar-refractivity contribution in [3.63, 3.8) is 0 Å². The molecule has 0 aliphatic heterocycles. The molecule has 0 heterocycles. The van der Waals surface area contributed by atoms with Crippen molar-refractivity contribution in [1.82, 2.24) is 0 Å². The highest BCUT2D eigenvalue weighted by molar-refractivity contribution is 6.30. The molecular formula is C23H26ClNO3. The third-order valence-corrected chi connectivity index (χ3v) is 5.09. The molecule has 0 spiro atoms. The van der Waals surface area contributed by atoms with Gasteiger partial charge in [0.25, 0.3) is 0 Å². The summed E-state index contributed by atoms with van der Waals surface area (Å²) in [4.78, 5) is 17.8. The monoisotopic (exact) mass is 399 g/mol. The Morgan fingerprint density at radius 2 is 1.68 bits per heavy atom. The summed E-state index contributed by atoms with van der Waals surface area (Å²) >= 11 is 5.99. The first kappa shape index (κ1) is 20.4. The second kappa shape index (κ2) is 10.9. The number of nitrogens with zero attached hydrogens (tertiary/aromatic N) is 1. The zero-order valence-electron chi connectivity index (χ0n) is 16.0. The second-order valence-corrected chi connectivity index (χ2v) is 7.49. The van der Waals surface area contributed by atoms with Crippen LogP contribution in [-0.4, -0.2) is 17.8 Å². The van der Waals surface area contributed by atoms with Gasteiger partial charge < -0.3 is 9.57 Å². The van der Waals surface area contributed by atoms with Crippen LogP contribution in [-0.2, 0) is 21.0 Å². The molecule has 0 aromatic heterocycles. The lowest BCUT2D eigenvalue weighted by molar-refractivity contribution is -0.150. The molecule has 5 heteroatoms. The Hall–Kier alpha value is -2.33. The first-order valence-corrected chi connectivity index (χ1v) is 10.3. The molecule has 0 N–H and O–H groups in total. The molecule has 0 atom stereocenters. The summed E-state index contributed by atoms with van der Waals surface area (Å²) in [5.41, 5.74) is 2.65. The SMILES string of the molecule is O=C(CCC(=NOCc1ccccc1)c1ccc(Cl)cc1)OC1CCCCC1. The standard InChI is InChI=1S/C23H26ClNO3/c24-20-13-11-19(12-14-20)22(25-27-17-18-7-3-1-4-8-18)15-16-23(26)28-21-9-5-2-6-10-21/h1,3-4,7-8,11-14,21H,2,5-6,9-10,15-17H2. The van der Waals surface area contributed by atoms with Crippen LogP contribution in [0.2, 0.25) is 5.02 Å². The van der Waals surface area contributed by atoms with E-state index in [1.54, 1.807) is 0 Å². The average Bonchev–Trinajstić information content (AvgIpc) is 2.73. The van der Waals surface area contributed by atoms with Crippen LogP contribution in [0, 0.1) is 0 Å². The van der Waals surface area contributed by atoms with Gasteiger partial charge in [-0.1, -0.05) is 65.6 Å². The maximum atomic E-state index is 12.3. The van der Waals surface area contributed by atoms with Crippen LogP contribution >= 0.6 is 11.6 Å². The molecular weight excluding hydrogens is 374 g/mol. The molecule has 0 unspecified atom stereocenters. The van der Waals surface area contributed by atoms with Gasteiger partial charge in [-0.05, 0) is 48.9 Å². The molecule has 0 saturated heterocycles. The van der Waals surface area contributed by atoms with Gasteiger partial charge >= 0.3 is 5.97 Å². The summed E-state index contributed by atoms with van der Waals surface area (Å²) in [5, 5.41) is 4.96. The summed E-state index contributed by atoms with van der Waals surface area (Å²) in [5.74, 6) is -0.170. The van der Waals surface area contributed by atoms with Crippen molar-refractivity contribution in [3.8, 4) is 0 Å². The number of hydrogen-bond donors (Lipinski definition) is 0. The lowest BCUT2D eigenvalue weighted by atomic mass is 9.98. The van der Waals surface area contributed by atoms with E-state index in [9.17, 15) is 4.79 Å². The van der Waals surface area contributed by atoms with E-state index in [1.807, 2.05) is 54.6 Å². The molecule has 1 aliphatic carbocycles. The Balaban J connectivity index is 1.59.